The van der Waals surface area contributed by atoms with Gasteiger partial charge in [0.1, 0.15) is 0 Å². The molecule has 1 aliphatic rings. The van der Waals surface area contributed by atoms with Crippen LogP contribution in [0.25, 0.3) is 0 Å². The molecule has 100 valence electrons. The van der Waals surface area contributed by atoms with E-state index in [4.69, 9.17) is 10.00 Å². The third-order valence-corrected chi connectivity index (χ3v) is 3.56. The zero-order chi connectivity index (χ0) is 13.7. The fourth-order valence-corrected chi connectivity index (χ4v) is 2.46. The fraction of sp³-hybridized carbons (Fsp3) is 0.467. The molecular weight excluding hydrogens is 240 g/mol. The summed E-state index contributed by atoms with van der Waals surface area (Å²) in [7, 11) is 1.38. The van der Waals surface area contributed by atoms with E-state index in [2.05, 4.69) is 11.4 Å². The van der Waals surface area contributed by atoms with Crippen molar-refractivity contribution in [3.63, 3.8) is 0 Å². The number of hydrogen-bond donors (Lipinski definition) is 1. The Kier molecular flexibility index (Phi) is 4.40. The first-order valence-electron chi connectivity index (χ1n) is 6.57. The molecule has 0 spiro atoms. The summed E-state index contributed by atoms with van der Waals surface area (Å²) in [6.07, 6.45) is 3.90. The molecule has 0 aliphatic heterocycles. The highest BCUT2D eigenvalue weighted by Gasteiger charge is 2.20. The maximum absolute atomic E-state index is 11.5. The van der Waals surface area contributed by atoms with Gasteiger partial charge in [-0.1, -0.05) is 6.07 Å². The predicted molar refractivity (Wildman–Crippen MR) is 72.8 cm³/mol. The van der Waals surface area contributed by atoms with Gasteiger partial charge in [0.25, 0.3) is 0 Å². The van der Waals surface area contributed by atoms with Gasteiger partial charge in [-0.15, -0.1) is 0 Å². The van der Waals surface area contributed by atoms with Gasteiger partial charge in [-0.05, 0) is 43.9 Å². The predicted octanol–water partition coefficient (Wildman–Crippen LogP) is 2.97. The van der Waals surface area contributed by atoms with Crippen LogP contribution in [-0.2, 0) is 4.74 Å². The molecule has 1 aliphatic carbocycles. The van der Waals surface area contributed by atoms with Crippen LogP contribution in [0.1, 0.15) is 36.0 Å². The number of esters is 1. The van der Waals surface area contributed by atoms with Crippen LogP contribution in [0.15, 0.2) is 24.3 Å². The van der Waals surface area contributed by atoms with Gasteiger partial charge >= 0.3 is 5.97 Å². The summed E-state index contributed by atoms with van der Waals surface area (Å²) >= 11 is 0. The molecule has 0 unspecified atom stereocenters. The van der Waals surface area contributed by atoms with Gasteiger partial charge in [-0.25, -0.2) is 4.79 Å². The van der Waals surface area contributed by atoms with Crippen molar-refractivity contribution >= 4 is 11.7 Å². The average molecular weight is 258 g/mol. The number of nitrogens with zero attached hydrogens (tertiary/aromatic N) is 1. The Balaban J connectivity index is 1.97. The molecule has 0 heterocycles. The normalized spacial score (nSPS) is 22.3. The summed E-state index contributed by atoms with van der Waals surface area (Å²) in [4.78, 5) is 11.5. The SMILES string of the molecule is COC(=O)c1cccc(NC2CCC(C#N)CC2)c1. The molecule has 0 aromatic heterocycles. The van der Waals surface area contributed by atoms with E-state index in [1.807, 2.05) is 18.2 Å². The zero-order valence-electron chi connectivity index (χ0n) is 11.1. The summed E-state index contributed by atoms with van der Waals surface area (Å²) in [6, 6.07) is 10.1. The van der Waals surface area contributed by atoms with Crippen LogP contribution in [0.4, 0.5) is 5.69 Å². The van der Waals surface area contributed by atoms with Gasteiger partial charge in [-0.3, -0.25) is 0 Å². The molecule has 1 saturated carbocycles. The zero-order valence-corrected chi connectivity index (χ0v) is 11.1. The molecule has 1 aromatic carbocycles. The molecular formula is C15H18N2O2. The second kappa shape index (κ2) is 6.24. The first-order chi connectivity index (χ1) is 9.22. The Morgan fingerprint density at radius 3 is 2.74 bits per heavy atom. The van der Waals surface area contributed by atoms with Crippen LogP contribution >= 0.6 is 0 Å². The minimum Gasteiger partial charge on any atom is -0.465 e. The second-order valence-electron chi connectivity index (χ2n) is 4.89. The Morgan fingerprint density at radius 2 is 2.11 bits per heavy atom. The molecule has 0 atom stereocenters. The lowest BCUT2D eigenvalue weighted by atomic mass is 9.87. The molecule has 0 bridgehead atoms. The minimum absolute atomic E-state index is 0.208. The van der Waals surface area contributed by atoms with Crippen LogP contribution in [0.5, 0.6) is 0 Å². The van der Waals surface area contributed by atoms with Crippen LogP contribution < -0.4 is 5.32 Å². The molecule has 0 radical (unpaired) electrons. The van der Waals surface area contributed by atoms with Crippen LogP contribution in [0.2, 0.25) is 0 Å². The van der Waals surface area contributed by atoms with Crippen molar-refractivity contribution in [3.05, 3.63) is 29.8 Å². The molecule has 2 rings (SSSR count). The lowest BCUT2D eigenvalue weighted by Gasteiger charge is -2.26. The van der Waals surface area contributed by atoms with Crippen LogP contribution in [-0.4, -0.2) is 19.1 Å². The monoisotopic (exact) mass is 258 g/mol. The summed E-state index contributed by atoms with van der Waals surface area (Å²) in [5.41, 5.74) is 1.49. The standard InChI is InChI=1S/C15H18N2O2/c1-19-15(18)12-3-2-4-14(9-12)17-13-7-5-11(10-16)6-8-13/h2-4,9,11,13,17H,5-8H2,1H3. The Labute approximate surface area is 113 Å². The van der Waals surface area contributed by atoms with Crippen molar-refractivity contribution in [3.8, 4) is 6.07 Å². The van der Waals surface area contributed by atoms with Gasteiger partial charge in [0.05, 0.1) is 18.7 Å². The third-order valence-electron chi connectivity index (χ3n) is 3.56. The number of methoxy groups -OCH3 is 1. The highest BCUT2D eigenvalue weighted by atomic mass is 16.5. The van der Waals surface area contributed by atoms with Crippen molar-refractivity contribution in [2.75, 3.05) is 12.4 Å². The summed E-state index contributed by atoms with van der Waals surface area (Å²) in [6.45, 7) is 0. The topological polar surface area (TPSA) is 62.1 Å². The van der Waals surface area contributed by atoms with E-state index in [9.17, 15) is 4.79 Å². The van der Waals surface area contributed by atoms with E-state index < -0.39 is 0 Å². The van der Waals surface area contributed by atoms with Gasteiger partial charge in [0.15, 0.2) is 0 Å². The molecule has 1 N–H and O–H groups in total. The second-order valence-corrected chi connectivity index (χ2v) is 4.89. The number of nitrogens with one attached hydrogen (secondary N) is 1. The first-order valence-corrected chi connectivity index (χ1v) is 6.57. The van der Waals surface area contributed by atoms with Crippen molar-refractivity contribution in [1.29, 1.82) is 5.26 Å². The number of nitriles is 1. The highest BCUT2D eigenvalue weighted by Crippen LogP contribution is 2.26. The fourth-order valence-electron chi connectivity index (χ4n) is 2.46. The Hall–Kier alpha value is -2.02. The molecule has 1 aromatic rings. The highest BCUT2D eigenvalue weighted by molar-refractivity contribution is 5.90. The smallest absolute Gasteiger partial charge is 0.337 e. The largest absolute Gasteiger partial charge is 0.465 e. The Morgan fingerprint density at radius 1 is 1.37 bits per heavy atom. The summed E-state index contributed by atoms with van der Waals surface area (Å²) in [5, 5.41) is 12.3. The minimum atomic E-state index is -0.322. The van der Waals surface area contributed by atoms with Crippen LogP contribution in [0, 0.1) is 17.2 Å². The number of ether oxygens (including phenoxy) is 1. The van der Waals surface area contributed by atoms with E-state index >= 15 is 0 Å². The molecule has 4 nitrogen and oxygen atoms in total. The quantitative estimate of drug-likeness (QED) is 0.847. The third kappa shape index (κ3) is 3.47. The van der Waals surface area contributed by atoms with E-state index in [-0.39, 0.29) is 11.9 Å². The molecule has 0 saturated heterocycles. The van der Waals surface area contributed by atoms with Crippen molar-refractivity contribution < 1.29 is 9.53 Å². The van der Waals surface area contributed by atoms with Crippen molar-refractivity contribution in [2.24, 2.45) is 5.92 Å². The lowest BCUT2D eigenvalue weighted by Crippen LogP contribution is -2.25. The van der Waals surface area contributed by atoms with Crippen molar-refractivity contribution in [1.82, 2.24) is 0 Å². The van der Waals surface area contributed by atoms with Gasteiger partial charge < -0.3 is 10.1 Å². The van der Waals surface area contributed by atoms with Gasteiger partial charge in [0, 0.05) is 17.6 Å². The van der Waals surface area contributed by atoms with E-state index in [1.165, 1.54) is 7.11 Å². The summed E-state index contributed by atoms with van der Waals surface area (Å²) < 4.78 is 4.71. The number of benzene rings is 1. The van der Waals surface area contributed by atoms with Gasteiger partial charge in [-0.2, -0.15) is 5.26 Å². The molecule has 4 heteroatoms. The average Bonchev–Trinajstić information content (AvgIpc) is 2.47. The lowest BCUT2D eigenvalue weighted by molar-refractivity contribution is 0.0601. The molecule has 19 heavy (non-hydrogen) atoms. The van der Waals surface area contributed by atoms with Crippen LogP contribution in [0.3, 0.4) is 0 Å². The first kappa shape index (κ1) is 13.4. The number of carbonyl (C=O) groups is 1. The van der Waals surface area contributed by atoms with E-state index in [0.717, 1.165) is 31.4 Å². The maximum Gasteiger partial charge on any atom is 0.337 e. The number of rotatable bonds is 3. The molecule has 0 amide bonds. The van der Waals surface area contributed by atoms with E-state index in [0.29, 0.717) is 11.6 Å². The number of anilines is 1. The number of carbonyl (C=O) groups excluding carboxylic acids is 1. The maximum atomic E-state index is 11.5. The molecule has 1 fully saturated rings. The number of hydrogen-bond acceptors (Lipinski definition) is 4. The summed E-state index contributed by atoms with van der Waals surface area (Å²) in [5.74, 6) is -0.115. The van der Waals surface area contributed by atoms with Crippen molar-refractivity contribution in [2.45, 2.75) is 31.7 Å². The Bertz CT molecular complexity index is 485. The van der Waals surface area contributed by atoms with Gasteiger partial charge in [0.2, 0.25) is 0 Å². The van der Waals surface area contributed by atoms with E-state index in [1.54, 1.807) is 6.07 Å².